The number of nitrogens with two attached hydrogens (primary N) is 1. The molecule has 0 heterocycles. The maximum Gasteiger partial charge on any atom is 0.418 e. The van der Waals surface area contributed by atoms with Crippen LogP contribution in [0, 0.1) is 0 Å². The van der Waals surface area contributed by atoms with Crippen LogP contribution >= 0.6 is 15.9 Å². The molecule has 0 aromatic heterocycles. The summed E-state index contributed by atoms with van der Waals surface area (Å²) in [5.74, 6) is 0. The molecule has 20 heavy (non-hydrogen) atoms. The molecular weight excluding hydrogens is 333 g/mol. The third-order valence-corrected chi connectivity index (χ3v) is 3.21. The van der Waals surface area contributed by atoms with Crippen molar-refractivity contribution in [1.82, 2.24) is 0 Å². The Morgan fingerprint density at radius 3 is 2.50 bits per heavy atom. The molecule has 0 saturated heterocycles. The van der Waals surface area contributed by atoms with Gasteiger partial charge in [0.2, 0.25) is 0 Å². The maximum absolute atomic E-state index is 12.9. The number of nitrogen functional groups attached to an aromatic ring is 1. The SMILES string of the molecule is Nc1cccc(CNc2cc(Br)ccc2C(F)(F)F)c1. The van der Waals surface area contributed by atoms with E-state index in [0.717, 1.165) is 11.6 Å². The minimum absolute atomic E-state index is 0.0364. The normalized spacial score (nSPS) is 11.4. The van der Waals surface area contributed by atoms with Gasteiger partial charge in [-0.2, -0.15) is 13.2 Å². The fourth-order valence-electron chi connectivity index (χ4n) is 1.81. The van der Waals surface area contributed by atoms with E-state index in [1.165, 1.54) is 12.1 Å². The van der Waals surface area contributed by atoms with Crippen LogP contribution in [0.1, 0.15) is 11.1 Å². The number of halogens is 4. The molecule has 2 aromatic rings. The van der Waals surface area contributed by atoms with Gasteiger partial charge in [-0.15, -0.1) is 0 Å². The van der Waals surface area contributed by atoms with Gasteiger partial charge in [0.15, 0.2) is 0 Å². The first-order chi connectivity index (χ1) is 9.36. The predicted molar refractivity (Wildman–Crippen MR) is 77.3 cm³/mol. The second-order valence-corrected chi connectivity index (χ2v) is 5.20. The lowest BCUT2D eigenvalue weighted by atomic mass is 10.1. The van der Waals surface area contributed by atoms with Gasteiger partial charge in [0, 0.05) is 22.4 Å². The first kappa shape index (κ1) is 14.7. The van der Waals surface area contributed by atoms with Crippen molar-refractivity contribution in [3.63, 3.8) is 0 Å². The average Bonchev–Trinajstić information content (AvgIpc) is 2.35. The van der Waals surface area contributed by atoms with E-state index in [1.807, 2.05) is 0 Å². The van der Waals surface area contributed by atoms with Gasteiger partial charge in [0.25, 0.3) is 0 Å². The fraction of sp³-hybridized carbons (Fsp3) is 0.143. The summed E-state index contributed by atoms with van der Waals surface area (Å²) in [4.78, 5) is 0. The highest BCUT2D eigenvalue weighted by Gasteiger charge is 2.33. The van der Waals surface area contributed by atoms with E-state index < -0.39 is 11.7 Å². The summed E-state index contributed by atoms with van der Waals surface area (Å²) in [6.45, 7) is 0.268. The molecule has 2 rings (SSSR count). The van der Waals surface area contributed by atoms with Crippen LogP contribution in [0.2, 0.25) is 0 Å². The summed E-state index contributed by atoms with van der Waals surface area (Å²) < 4.78 is 39.3. The highest BCUT2D eigenvalue weighted by molar-refractivity contribution is 9.10. The van der Waals surface area contributed by atoms with Crippen molar-refractivity contribution in [1.29, 1.82) is 0 Å². The summed E-state index contributed by atoms with van der Waals surface area (Å²) in [6.07, 6.45) is -4.39. The smallest absolute Gasteiger partial charge is 0.399 e. The van der Waals surface area contributed by atoms with Crippen LogP contribution in [0.25, 0.3) is 0 Å². The number of hydrogen-bond donors (Lipinski definition) is 2. The van der Waals surface area contributed by atoms with Gasteiger partial charge in [-0.1, -0.05) is 28.1 Å². The van der Waals surface area contributed by atoms with Crippen LogP contribution < -0.4 is 11.1 Å². The predicted octanol–water partition coefficient (Wildman–Crippen LogP) is 4.66. The number of anilines is 2. The molecule has 2 nitrogen and oxygen atoms in total. The zero-order valence-electron chi connectivity index (χ0n) is 10.3. The largest absolute Gasteiger partial charge is 0.418 e. The Kier molecular flexibility index (Phi) is 4.23. The van der Waals surface area contributed by atoms with Crippen LogP contribution in [0.3, 0.4) is 0 Å². The topological polar surface area (TPSA) is 38.0 Å². The van der Waals surface area contributed by atoms with Crippen LogP contribution in [0.5, 0.6) is 0 Å². The van der Waals surface area contributed by atoms with E-state index in [1.54, 1.807) is 24.3 Å². The van der Waals surface area contributed by atoms with Gasteiger partial charge in [0.05, 0.1) is 5.56 Å². The molecule has 0 radical (unpaired) electrons. The molecule has 0 bridgehead atoms. The lowest BCUT2D eigenvalue weighted by Gasteiger charge is -2.15. The van der Waals surface area contributed by atoms with Crippen molar-refractivity contribution in [3.05, 3.63) is 58.1 Å². The molecule has 0 fully saturated rings. The molecule has 2 aromatic carbocycles. The van der Waals surface area contributed by atoms with Gasteiger partial charge < -0.3 is 11.1 Å². The average molecular weight is 345 g/mol. The summed E-state index contributed by atoms with van der Waals surface area (Å²) in [7, 11) is 0. The van der Waals surface area contributed by atoms with Gasteiger partial charge in [-0.3, -0.25) is 0 Å². The van der Waals surface area contributed by atoms with Gasteiger partial charge >= 0.3 is 6.18 Å². The molecule has 6 heteroatoms. The van der Waals surface area contributed by atoms with E-state index in [-0.39, 0.29) is 12.2 Å². The molecule has 0 saturated carbocycles. The first-order valence-corrected chi connectivity index (χ1v) is 6.60. The lowest BCUT2D eigenvalue weighted by Crippen LogP contribution is -2.11. The Balaban J connectivity index is 2.22. The molecule has 106 valence electrons. The van der Waals surface area contributed by atoms with Crippen molar-refractivity contribution in [2.45, 2.75) is 12.7 Å². The fourth-order valence-corrected chi connectivity index (χ4v) is 2.17. The standard InChI is InChI=1S/C14H12BrF3N2/c15-10-4-5-12(14(16,17)18)13(7-10)20-8-9-2-1-3-11(19)6-9/h1-7,20H,8,19H2. The molecule has 0 aliphatic rings. The summed E-state index contributed by atoms with van der Waals surface area (Å²) in [6, 6.07) is 10.8. The van der Waals surface area contributed by atoms with E-state index >= 15 is 0 Å². The Labute approximate surface area is 122 Å². The van der Waals surface area contributed by atoms with Gasteiger partial charge in [-0.05, 0) is 35.9 Å². The van der Waals surface area contributed by atoms with Crippen molar-refractivity contribution in [2.24, 2.45) is 0 Å². The van der Waals surface area contributed by atoms with Crippen molar-refractivity contribution in [2.75, 3.05) is 11.1 Å². The number of nitrogens with one attached hydrogen (secondary N) is 1. The zero-order valence-corrected chi connectivity index (χ0v) is 11.9. The molecule has 0 amide bonds. The number of hydrogen-bond acceptors (Lipinski definition) is 2. The minimum atomic E-state index is -4.39. The lowest BCUT2D eigenvalue weighted by molar-refractivity contribution is -0.137. The zero-order chi connectivity index (χ0) is 14.8. The third kappa shape index (κ3) is 3.66. The van der Waals surface area contributed by atoms with Crippen LogP contribution in [0.15, 0.2) is 46.9 Å². The van der Waals surface area contributed by atoms with E-state index in [9.17, 15) is 13.2 Å². The van der Waals surface area contributed by atoms with Crippen LogP contribution in [-0.2, 0) is 12.7 Å². The van der Waals surface area contributed by atoms with Crippen molar-refractivity contribution in [3.8, 4) is 0 Å². The van der Waals surface area contributed by atoms with Crippen molar-refractivity contribution < 1.29 is 13.2 Å². The molecule has 0 spiro atoms. The second kappa shape index (κ2) is 5.75. The molecular formula is C14H12BrF3N2. The van der Waals surface area contributed by atoms with E-state index in [4.69, 9.17) is 5.73 Å². The van der Waals surface area contributed by atoms with Crippen LogP contribution in [-0.4, -0.2) is 0 Å². The molecule has 3 N–H and O–H groups in total. The third-order valence-electron chi connectivity index (χ3n) is 2.72. The van der Waals surface area contributed by atoms with Gasteiger partial charge in [0.1, 0.15) is 0 Å². The summed E-state index contributed by atoms with van der Waals surface area (Å²) in [5.41, 5.74) is 6.38. The van der Waals surface area contributed by atoms with E-state index in [0.29, 0.717) is 10.2 Å². The second-order valence-electron chi connectivity index (χ2n) is 4.29. The monoisotopic (exact) mass is 344 g/mol. The minimum Gasteiger partial charge on any atom is -0.399 e. The molecule has 0 aliphatic heterocycles. The molecule has 0 atom stereocenters. The molecule has 0 unspecified atom stereocenters. The Bertz CT molecular complexity index is 612. The highest BCUT2D eigenvalue weighted by Crippen LogP contribution is 2.36. The summed E-state index contributed by atoms with van der Waals surface area (Å²) >= 11 is 3.17. The summed E-state index contributed by atoms with van der Waals surface area (Å²) in [5, 5.41) is 2.80. The van der Waals surface area contributed by atoms with Gasteiger partial charge in [-0.25, -0.2) is 0 Å². The molecule has 0 aliphatic carbocycles. The number of alkyl halides is 3. The first-order valence-electron chi connectivity index (χ1n) is 5.81. The highest BCUT2D eigenvalue weighted by atomic mass is 79.9. The maximum atomic E-state index is 12.9. The number of benzene rings is 2. The van der Waals surface area contributed by atoms with Crippen LogP contribution in [0.4, 0.5) is 24.5 Å². The number of rotatable bonds is 3. The Hall–Kier alpha value is -1.69. The van der Waals surface area contributed by atoms with Crippen molar-refractivity contribution >= 4 is 27.3 Å². The Morgan fingerprint density at radius 1 is 1.10 bits per heavy atom. The Morgan fingerprint density at radius 2 is 1.85 bits per heavy atom. The van der Waals surface area contributed by atoms with E-state index in [2.05, 4.69) is 21.2 Å². The quantitative estimate of drug-likeness (QED) is 0.794.